The van der Waals surface area contributed by atoms with Crippen molar-refractivity contribution >= 4 is 28.4 Å². The minimum Gasteiger partial charge on any atom is -0.258 e. The zero-order chi connectivity index (χ0) is 17.8. The second kappa shape index (κ2) is 7.23. The lowest BCUT2D eigenvalue weighted by Crippen LogP contribution is -1.92. The fourth-order valence-corrected chi connectivity index (χ4v) is 2.96. The summed E-state index contributed by atoms with van der Waals surface area (Å²) in [5.41, 5.74) is 8.13. The van der Waals surface area contributed by atoms with Gasteiger partial charge in [-0.15, -0.1) is 11.3 Å². The van der Waals surface area contributed by atoms with Crippen molar-refractivity contribution in [2.45, 2.75) is 13.8 Å². The molecule has 0 aliphatic rings. The summed E-state index contributed by atoms with van der Waals surface area (Å²) in [5, 5.41) is 17.4. The van der Waals surface area contributed by atoms with Gasteiger partial charge >= 0.3 is 0 Å². The first-order valence-electron chi connectivity index (χ1n) is 7.59. The number of nitro benzene ring substituents is 1. The van der Waals surface area contributed by atoms with Gasteiger partial charge in [-0.3, -0.25) is 15.5 Å². The Morgan fingerprint density at radius 3 is 2.68 bits per heavy atom. The number of hydrazone groups is 1. The Morgan fingerprint density at radius 2 is 1.96 bits per heavy atom. The van der Waals surface area contributed by atoms with Crippen LogP contribution < -0.4 is 5.43 Å². The maximum atomic E-state index is 10.6. The summed E-state index contributed by atoms with van der Waals surface area (Å²) in [4.78, 5) is 14.8. The van der Waals surface area contributed by atoms with Gasteiger partial charge in [-0.25, -0.2) is 4.98 Å². The van der Waals surface area contributed by atoms with Crippen LogP contribution >= 0.6 is 11.3 Å². The molecule has 2 aromatic carbocycles. The molecule has 0 spiro atoms. The predicted molar refractivity (Wildman–Crippen MR) is 101 cm³/mol. The zero-order valence-electron chi connectivity index (χ0n) is 13.8. The number of nitro groups is 1. The van der Waals surface area contributed by atoms with Crippen LogP contribution in [0.4, 0.5) is 10.8 Å². The van der Waals surface area contributed by atoms with E-state index in [1.165, 1.54) is 34.6 Å². The van der Waals surface area contributed by atoms with E-state index in [0.29, 0.717) is 5.13 Å². The van der Waals surface area contributed by atoms with Crippen molar-refractivity contribution in [2.24, 2.45) is 5.10 Å². The third-order valence-electron chi connectivity index (χ3n) is 3.65. The SMILES string of the molecule is Cc1ccc(C)c(-c2csc(N/N=C\c3ccc([N+](=O)[O-])cc3)n2)c1. The van der Waals surface area contributed by atoms with Gasteiger partial charge < -0.3 is 0 Å². The largest absolute Gasteiger partial charge is 0.269 e. The molecule has 0 saturated heterocycles. The Kier molecular flexibility index (Phi) is 4.85. The van der Waals surface area contributed by atoms with E-state index >= 15 is 0 Å². The van der Waals surface area contributed by atoms with E-state index in [-0.39, 0.29) is 5.69 Å². The second-order valence-electron chi connectivity index (χ2n) is 5.57. The quantitative estimate of drug-likeness (QED) is 0.407. The minimum atomic E-state index is -0.427. The van der Waals surface area contributed by atoms with Crippen LogP contribution in [0.3, 0.4) is 0 Å². The van der Waals surface area contributed by atoms with E-state index in [0.717, 1.165) is 16.8 Å². The number of non-ortho nitro benzene ring substituents is 1. The maximum absolute atomic E-state index is 10.6. The van der Waals surface area contributed by atoms with Gasteiger partial charge in [0.1, 0.15) is 0 Å². The third kappa shape index (κ3) is 4.07. The molecule has 0 aliphatic heterocycles. The van der Waals surface area contributed by atoms with Crippen LogP contribution in [-0.4, -0.2) is 16.1 Å². The Balaban J connectivity index is 1.69. The van der Waals surface area contributed by atoms with Crippen molar-refractivity contribution in [1.82, 2.24) is 4.98 Å². The third-order valence-corrected chi connectivity index (χ3v) is 4.40. The molecule has 25 heavy (non-hydrogen) atoms. The first-order chi connectivity index (χ1) is 12.0. The van der Waals surface area contributed by atoms with Crippen LogP contribution in [0.5, 0.6) is 0 Å². The molecule has 0 atom stereocenters. The molecule has 3 aromatic rings. The van der Waals surface area contributed by atoms with Gasteiger partial charge in [0.15, 0.2) is 0 Å². The van der Waals surface area contributed by atoms with E-state index in [1.54, 1.807) is 18.3 Å². The summed E-state index contributed by atoms with van der Waals surface area (Å²) in [6.45, 7) is 4.12. The number of nitrogens with zero attached hydrogens (tertiary/aromatic N) is 3. The van der Waals surface area contributed by atoms with Crippen molar-refractivity contribution in [1.29, 1.82) is 0 Å². The van der Waals surface area contributed by atoms with Gasteiger partial charge in [0, 0.05) is 23.1 Å². The Bertz CT molecular complexity index is 933. The van der Waals surface area contributed by atoms with Crippen LogP contribution in [0.25, 0.3) is 11.3 Å². The summed E-state index contributed by atoms with van der Waals surface area (Å²) >= 11 is 1.48. The van der Waals surface area contributed by atoms with Crippen molar-refractivity contribution in [2.75, 3.05) is 5.43 Å². The number of aromatic nitrogens is 1. The van der Waals surface area contributed by atoms with Gasteiger partial charge in [-0.1, -0.05) is 17.7 Å². The zero-order valence-corrected chi connectivity index (χ0v) is 14.6. The van der Waals surface area contributed by atoms with E-state index in [1.807, 2.05) is 5.38 Å². The van der Waals surface area contributed by atoms with E-state index in [2.05, 4.69) is 47.6 Å². The number of rotatable bonds is 5. The molecule has 126 valence electrons. The van der Waals surface area contributed by atoms with Gasteiger partial charge in [-0.2, -0.15) is 5.10 Å². The van der Waals surface area contributed by atoms with Gasteiger partial charge in [0.2, 0.25) is 5.13 Å². The first-order valence-corrected chi connectivity index (χ1v) is 8.47. The lowest BCUT2D eigenvalue weighted by molar-refractivity contribution is -0.384. The first kappa shape index (κ1) is 16.8. The molecule has 0 saturated carbocycles. The maximum Gasteiger partial charge on any atom is 0.269 e. The van der Waals surface area contributed by atoms with E-state index < -0.39 is 4.92 Å². The van der Waals surface area contributed by atoms with Gasteiger partial charge in [0.05, 0.1) is 16.8 Å². The fraction of sp³-hybridized carbons (Fsp3) is 0.111. The average Bonchev–Trinajstić information content (AvgIpc) is 3.06. The summed E-state index contributed by atoms with van der Waals surface area (Å²) in [6.07, 6.45) is 1.60. The smallest absolute Gasteiger partial charge is 0.258 e. The highest BCUT2D eigenvalue weighted by atomic mass is 32.1. The highest BCUT2D eigenvalue weighted by molar-refractivity contribution is 7.14. The Hall–Kier alpha value is -3.06. The molecule has 1 aromatic heterocycles. The molecule has 0 unspecified atom stereocenters. The topological polar surface area (TPSA) is 80.4 Å². The molecule has 0 bridgehead atoms. The number of anilines is 1. The van der Waals surface area contributed by atoms with Crippen LogP contribution in [-0.2, 0) is 0 Å². The lowest BCUT2D eigenvalue weighted by atomic mass is 10.0. The van der Waals surface area contributed by atoms with Crippen LogP contribution in [0.15, 0.2) is 52.9 Å². The standard InChI is InChI=1S/C18H16N4O2S/c1-12-3-4-13(2)16(9-12)17-11-25-18(20-17)21-19-10-14-5-7-15(8-6-14)22(23)24/h3-11H,1-2H3,(H,20,21)/b19-10-. The molecule has 0 aliphatic carbocycles. The van der Waals surface area contributed by atoms with Crippen LogP contribution in [0.1, 0.15) is 16.7 Å². The summed E-state index contributed by atoms with van der Waals surface area (Å²) in [7, 11) is 0. The fourth-order valence-electron chi connectivity index (χ4n) is 2.30. The molecule has 0 amide bonds. The van der Waals surface area contributed by atoms with E-state index in [9.17, 15) is 10.1 Å². The molecule has 1 heterocycles. The van der Waals surface area contributed by atoms with Crippen LogP contribution in [0.2, 0.25) is 0 Å². The van der Waals surface area contributed by atoms with E-state index in [4.69, 9.17) is 0 Å². The highest BCUT2D eigenvalue weighted by Gasteiger charge is 2.07. The highest BCUT2D eigenvalue weighted by Crippen LogP contribution is 2.28. The molecule has 6 nitrogen and oxygen atoms in total. The predicted octanol–water partition coefficient (Wildman–Crippen LogP) is 4.78. The summed E-state index contributed by atoms with van der Waals surface area (Å²) in [5.74, 6) is 0. The van der Waals surface area contributed by atoms with Crippen molar-refractivity contribution in [3.8, 4) is 11.3 Å². The number of thiazole rings is 1. The van der Waals surface area contributed by atoms with Gasteiger partial charge in [0.25, 0.3) is 5.69 Å². The normalized spacial score (nSPS) is 11.0. The number of hydrogen-bond donors (Lipinski definition) is 1. The monoisotopic (exact) mass is 352 g/mol. The Morgan fingerprint density at radius 1 is 1.20 bits per heavy atom. The number of nitrogens with one attached hydrogen (secondary N) is 1. The van der Waals surface area contributed by atoms with Crippen molar-refractivity contribution < 1.29 is 4.92 Å². The average molecular weight is 352 g/mol. The molecule has 3 rings (SSSR count). The van der Waals surface area contributed by atoms with Gasteiger partial charge in [-0.05, 0) is 43.2 Å². The second-order valence-corrected chi connectivity index (χ2v) is 6.43. The van der Waals surface area contributed by atoms with Crippen LogP contribution in [0, 0.1) is 24.0 Å². The molecule has 0 fully saturated rings. The van der Waals surface area contributed by atoms with Crippen molar-refractivity contribution in [3.05, 3.63) is 74.6 Å². The molecule has 7 heteroatoms. The molecular weight excluding hydrogens is 336 g/mol. The summed E-state index contributed by atoms with van der Waals surface area (Å²) in [6, 6.07) is 12.5. The molecule has 1 N–H and O–H groups in total. The number of aryl methyl sites for hydroxylation is 2. The number of hydrogen-bond acceptors (Lipinski definition) is 6. The Labute approximate surface area is 149 Å². The molecule has 0 radical (unpaired) electrons. The molecular formula is C18H16N4O2S. The lowest BCUT2D eigenvalue weighted by Gasteiger charge is -2.03. The number of benzene rings is 2. The summed E-state index contributed by atoms with van der Waals surface area (Å²) < 4.78 is 0. The van der Waals surface area contributed by atoms with Crippen molar-refractivity contribution in [3.63, 3.8) is 0 Å². The minimum absolute atomic E-state index is 0.0585.